The van der Waals surface area contributed by atoms with E-state index >= 15 is 0 Å². The zero-order chi connectivity index (χ0) is 17.1. The van der Waals surface area contributed by atoms with Gasteiger partial charge in [0.25, 0.3) is 0 Å². The number of nitrogens with two attached hydrogens (primary N) is 1. The zero-order valence-electron chi connectivity index (χ0n) is 14.4. The molecule has 2 aromatic rings. The average molecular weight is 329 g/mol. The van der Waals surface area contributed by atoms with Crippen molar-refractivity contribution in [3.05, 3.63) is 35.0 Å². The Morgan fingerprint density at radius 3 is 2.67 bits per heavy atom. The van der Waals surface area contributed by atoms with Gasteiger partial charge in [-0.05, 0) is 63.9 Å². The van der Waals surface area contributed by atoms with Gasteiger partial charge >= 0.3 is 5.97 Å². The fraction of sp³-hybridized carbons (Fsp3) is 0.526. The second-order valence-electron chi connectivity index (χ2n) is 6.66. The third-order valence-corrected chi connectivity index (χ3v) is 5.17. The summed E-state index contributed by atoms with van der Waals surface area (Å²) in [5.41, 5.74) is 9.40. The molecule has 0 unspecified atom stereocenters. The molecule has 0 aliphatic carbocycles. The summed E-state index contributed by atoms with van der Waals surface area (Å²) < 4.78 is 2.16. The minimum Gasteiger partial charge on any atom is -0.478 e. The predicted molar refractivity (Wildman–Crippen MR) is 96.7 cm³/mol. The number of carbonyl (C=O) groups is 1. The molecule has 5 heteroatoms. The van der Waals surface area contributed by atoms with Crippen molar-refractivity contribution in [1.82, 2.24) is 9.47 Å². The molecule has 1 saturated heterocycles. The monoisotopic (exact) mass is 329 g/mol. The van der Waals surface area contributed by atoms with Crippen LogP contribution in [-0.4, -0.2) is 46.7 Å². The molecule has 1 aliphatic rings. The number of para-hydroxylation sites is 1. The van der Waals surface area contributed by atoms with Crippen LogP contribution < -0.4 is 5.73 Å². The Morgan fingerprint density at radius 1 is 1.25 bits per heavy atom. The van der Waals surface area contributed by atoms with Crippen LogP contribution in [0.25, 0.3) is 10.9 Å². The highest BCUT2D eigenvalue weighted by Gasteiger charge is 2.20. The standard InChI is InChI=1S/C19H27N3O2/c1-14-15(8-13-21-10-2-3-11-21)16-6-4-7-17(19(23)24)18(16)22(14)12-5-9-20/h4,6-7H,2-3,5,8-13,20H2,1H3,(H,23,24). The number of carboxylic acids is 1. The predicted octanol–water partition coefficient (Wildman–Crippen LogP) is 2.64. The highest BCUT2D eigenvalue weighted by molar-refractivity contribution is 6.03. The second-order valence-corrected chi connectivity index (χ2v) is 6.66. The molecule has 1 fully saturated rings. The molecular formula is C19H27N3O2. The van der Waals surface area contributed by atoms with Crippen LogP contribution in [0.5, 0.6) is 0 Å². The summed E-state index contributed by atoms with van der Waals surface area (Å²) in [4.78, 5) is 14.2. The van der Waals surface area contributed by atoms with Crippen molar-refractivity contribution >= 4 is 16.9 Å². The number of fused-ring (bicyclic) bond motifs is 1. The fourth-order valence-corrected chi connectivity index (χ4v) is 3.90. The first-order valence-corrected chi connectivity index (χ1v) is 8.90. The molecule has 24 heavy (non-hydrogen) atoms. The second kappa shape index (κ2) is 7.36. The maximum Gasteiger partial charge on any atom is 0.337 e. The average Bonchev–Trinajstić information content (AvgIpc) is 3.17. The minimum absolute atomic E-state index is 0.389. The molecule has 0 radical (unpaired) electrons. The van der Waals surface area contributed by atoms with E-state index in [0.29, 0.717) is 12.1 Å². The van der Waals surface area contributed by atoms with Gasteiger partial charge in [-0.15, -0.1) is 0 Å². The molecule has 1 aromatic heterocycles. The normalized spacial score (nSPS) is 15.4. The summed E-state index contributed by atoms with van der Waals surface area (Å²) in [5, 5.41) is 10.7. The Balaban J connectivity index is 2.02. The van der Waals surface area contributed by atoms with E-state index in [2.05, 4.69) is 22.5 Å². The van der Waals surface area contributed by atoms with Crippen LogP contribution in [0, 0.1) is 6.92 Å². The Hall–Kier alpha value is -1.85. The first-order chi connectivity index (χ1) is 11.6. The lowest BCUT2D eigenvalue weighted by Crippen LogP contribution is -2.22. The molecule has 2 heterocycles. The van der Waals surface area contributed by atoms with Crippen LogP contribution in [0.2, 0.25) is 0 Å². The van der Waals surface area contributed by atoms with Crippen molar-refractivity contribution in [2.45, 2.75) is 39.2 Å². The summed E-state index contributed by atoms with van der Waals surface area (Å²) in [6.07, 6.45) is 4.41. The number of aromatic nitrogens is 1. The van der Waals surface area contributed by atoms with Crippen LogP contribution in [0.4, 0.5) is 0 Å². The van der Waals surface area contributed by atoms with Gasteiger partial charge in [-0.25, -0.2) is 4.79 Å². The summed E-state index contributed by atoms with van der Waals surface area (Å²) in [6, 6.07) is 5.62. The van der Waals surface area contributed by atoms with Crippen LogP contribution in [0.15, 0.2) is 18.2 Å². The van der Waals surface area contributed by atoms with Crippen molar-refractivity contribution in [3.63, 3.8) is 0 Å². The van der Waals surface area contributed by atoms with Gasteiger partial charge in [0.15, 0.2) is 0 Å². The van der Waals surface area contributed by atoms with E-state index < -0.39 is 5.97 Å². The molecule has 0 spiro atoms. The lowest BCUT2D eigenvalue weighted by molar-refractivity contribution is 0.0698. The first kappa shape index (κ1) is 17.0. The number of aryl methyl sites for hydroxylation is 1. The third kappa shape index (κ3) is 3.19. The van der Waals surface area contributed by atoms with Crippen LogP contribution in [-0.2, 0) is 13.0 Å². The van der Waals surface area contributed by atoms with Crippen LogP contribution >= 0.6 is 0 Å². The molecule has 0 bridgehead atoms. The van der Waals surface area contributed by atoms with E-state index in [1.807, 2.05) is 6.07 Å². The van der Waals surface area contributed by atoms with Crippen LogP contribution in [0.1, 0.15) is 40.9 Å². The molecule has 1 aromatic carbocycles. The highest BCUT2D eigenvalue weighted by Crippen LogP contribution is 2.30. The zero-order valence-corrected chi connectivity index (χ0v) is 14.4. The molecule has 5 nitrogen and oxygen atoms in total. The van der Waals surface area contributed by atoms with Gasteiger partial charge in [0.05, 0.1) is 11.1 Å². The molecule has 0 saturated carbocycles. The smallest absolute Gasteiger partial charge is 0.337 e. The molecule has 130 valence electrons. The highest BCUT2D eigenvalue weighted by atomic mass is 16.4. The number of aromatic carboxylic acids is 1. The Labute approximate surface area is 143 Å². The topological polar surface area (TPSA) is 71.5 Å². The van der Waals surface area contributed by atoms with Gasteiger partial charge < -0.3 is 20.3 Å². The lowest BCUT2D eigenvalue weighted by atomic mass is 10.1. The number of benzene rings is 1. The van der Waals surface area contributed by atoms with Gasteiger partial charge in [0.1, 0.15) is 0 Å². The number of nitrogens with zero attached hydrogens (tertiary/aromatic N) is 2. The lowest BCUT2D eigenvalue weighted by Gasteiger charge is -2.14. The molecule has 0 amide bonds. The molecule has 0 atom stereocenters. The number of carboxylic acid groups (broad SMARTS) is 1. The van der Waals surface area contributed by atoms with E-state index in [9.17, 15) is 9.90 Å². The van der Waals surface area contributed by atoms with Gasteiger partial charge in [-0.1, -0.05) is 12.1 Å². The van der Waals surface area contributed by atoms with Gasteiger partial charge in [0, 0.05) is 24.2 Å². The van der Waals surface area contributed by atoms with Gasteiger partial charge in [-0.2, -0.15) is 0 Å². The van der Waals surface area contributed by atoms with E-state index in [1.165, 1.54) is 37.2 Å². The van der Waals surface area contributed by atoms with Crippen molar-refractivity contribution in [2.75, 3.05) is 26.2 Å². The third-order valence-electron chi connectivity index (χ3n) is 5.17. The molecule has 3 rings (SSSR count). The molecular weight excluding hydrogens is 302 g/mol. The summed E-state index contributed by atoms with van der Waals surface area (Å²) >= 11 is 0. The number of rotatable bonds is 7. The van der Waals surface area contributed by atoms with E-state index in [4.69, 9.17) is 5.73 Å². The summed E-state index contributed by atoms with van der Waals surface area (Å²) in [7, 11) is 0. The number of hydrogen-bond acceptors (Lipinski definition) is 3. The largest absolute Gasteiger partial charge is 0.478 e. The Kier molecular flexibility index (Phi) is 5.21. The van der Waals surface area contributed by atoms with Crippen molar-refractivity contribution in [2.24, 2.45) is 5.73 Å². The first-order valence-electron chi connectivity index (χ1n) is 8.90. The SMILES string of the molecule is Cc1c(CCN2CCCC2)c2cccc(C(=O)O)c2n1CCCN. The summed E-state index contributed by atoms with van der Waals surface area (Å²) in [5.74, 6) is -0.863. The van der Waals surface area contributed by atoms with E-state index in [-0.39, 0.29) is 0 Å². The van der Waals surface area contributed by atoms with Crippen molar-refractivity contribution in [1.29, 1.82) is 0 Å². The fourth-order valence-electron chi connectivity index (χ4n) is 3.90. The maximum absolute atomic E-state index is 11.7. The maximum atomic E-state index is 11.7. The number of likely N-dealkylation sites (tertiary alicyclic amines) is 1. The Bertz CT molecular complexity index is 730. The quantitative estimate of drug-likeness (QED) is 0.819. The van der Waals surface area contributed by atoms with Crippen molar-refractivity contribution < 1.29 is 9.90 Å². The summed E-state index contributed by atoms with van der Waals surface area (Å²) in [6.45, 7) is 6.91. The van der Waals surface area contributed by atoms with E-state index in [1.54, 1.807) is 6.07 Å². The van der Waals surface area contributed by atoms with Crippen molar-refractivity contribution in [3.8, 4) is 0 Å². The van der Waals surface area contributed by atoms with Gasteiger partial charge in [-0.3, -0.25) is 0 Å². The van der Waals surface area contributed by atoms with Gasteiger partial charge in [0.2, 0.25) is 0 Å². The molecule has 1 aliphatic heterocycles. The Morgan fingerprint density at radius 2 is 2.00 bits per heavy atom. The minimum atomic E-state index is -0.863. The number of hydrogen-bond donors (Lipinski definition) is 2. The molecule has 3 N–H and O–H groups in total. The van der Waals surface area contributed by atoms with Crippen LogP contribution in [0.3, 0.4) is 0 Å². The van der Waals surface area contributed by atoms with E-state index in [0.717, 1.165) is 36.8 Å².